The summed E-state index contributed by atoms with van der Waals surface area (Å²) in [5.74, 6) is -1.26. The molecule has 0 heterocycles. The van der Waals surface area contributed by atoms with Gasteiger partial charge in [-0.15, -0.1) is 0 Å². The minimum atomic E-state index is -0.673. The van der Waals surface area contributed by atoms with Crippen molar-refractivity contribution in [2.75, 3.05) is 0 Å². The van der Waals surface area contributed by atoms with Crippen molar-refractivity contribution >= 4 is 23.5 Å². The van der Waals surface area contributed by atoms with E-state index in [2.05, 4.69) is 19.7 Å². The van der Waals surface area contributed by atoms with Gasteiger partial charge in [-0.2, -0.15) is 0 Å². The molecule has 1 aliphatic carbocycles. The molecule has 174 valence electrons. The first kappa shape index (κ1) is 24.5. The van der Waals surface area contributed by atoms with Crippen LogP contribution in [-0.4, -0.2) is 17.9 Å². The van der Waals surface area contributed by atoms with Crippen LogP contribution in [0.3, 0.4) is 0 Å². The summed E-state index contributed by atoms with van der Waals surface area (Å²) in [5, 5.41) is 0. The molecule has 1 aliphatic rings. The number of hydrogen-bond acceptors (Lipinski definition) is 6. The van der Waals surface area contributed by atoms with Crippen molar-refractivity contribution in [1.29, 1.82) is 0 Å². The van der Waals surface area contributed by atoms with Gasteiger partial charge in [-0.05, 0) is 66.6 Å². The Kier molecular flexibility index (Phi) is 8.35. The number of allylic oxidation sites excluding steroid dienone is 1. The van der Waals surface area contributed by atoms with E-state index in [1.807, 2.05) is 18.2 Å². The summed E-state index contributed by atoms with van der Waals surface area (Å²) < 4.78 is 15.8. The summed E-state index contributed by atoms with van der Waals surface area (Å²) in [5.41, 5.74) is 4.00. The summed E-state index contributed by atoms with van der Waals surface area (Å²) in [6, 6.07) is 12.3. The summed E-state index contributed by atoms with van der Waals surface area (Å²) in [7, 11) is 0. The third-order valence-electron chi connectivity index (χ3n) is 5.33. The molecule has 0 unspecified atom stereocenters. The molecule has 0 aliphatic heterocycles. The normalized spacial score (nSPS) is 12.8. The Morgan fingerprint density at radius 1 is 0.647 bits per heavy atom. The number of esters is 3. The molecule has 2 aromatic rings. The molecule has 3 rings (SSSR count). The van der Waals surface area contributed by atoms with Gasteiger partial charge >= 0.3 is 17.9 Å². The summed E-state index contributed by atoms with van der Waals surface area (Å²) in [6.45, 7) is 10.2. The molecule has 34 heavy (non-hydrogen) atoms. The van der Waals surface area contributed by atoms with Gasteiger partial charge in [0.2, 0.25) is 0 Å². The second kappa shape index (κ2) is 11.6. The van der Waals surface area contributed by atoms with Crippen LogP contribution < -0.4 is 14.2 Å². The smallest absolute Gasteiger partial charge is 0.335 e. The van der Waals surface area contributed by atoms with Crippen LogP contribution in [0, 0.1) is 0 Å². The van der Waals surface area contributed by atoms with Crippen molar-refractivity contribution in [3.63, 3.8) is 0 Å². The Labute approximate surface area is 198 Å². The van der Waals surface area contributed by atoms with Crippen LogP contribution in [-0.2, 0) is 14.4 Å². The highest BCUT2D eigenvalue weighted by atomic mass is 16.6. The number of hydrogen-bond donors (Lipinski definition) is 0. The number of rotatable bonds is 8. The van der Waals surface area contributed by atoms with E-state index < -0.39 is 17.9 Å². The Balaban J connectivity index is 2.08. The zero-order valence-corrected chi connectivity index (χ0v) is 18.9. The molecule has 0 aromatic heterocycles. The Bertz CT molecular complexity index is 1150. The Morgan fingerprint density at radius 2 is 1.18 bits per heavy atom. The van der Waals surface area contributed by atoms with Gasteiger partial charge in [0.05, 0.1) is 0 Å². The monoisotopic (exact) mass is 458 g/mol. The van der Waals surface area contributed by atoms with Gasteiger partial charge in [0.25, 0.3) is 0 Å². The molecule has 0 radical (unpaired) electrons. The van der Waals surface area contributed by atoms with Crippen molar-refractivity contribution in [2.24, 2.45) is 0 Å². The van der Waals surface area contributed by atoms with Crippen LogP contribution in [0.4, 0.5) is 0 Å². The van der Waals surface area contributed by atoms with E-state index in [0.29, 0.717) is 5.75 Å². The van der Waals surface area contributed by atoms with Gasteiger partial charge in [-0.1, -0.05) is 49.9 Å². The molecule has 1 saturated carbocycles. The lowest BCUT2D eigenvalue weighted by Crippen LogP contribution is -2.09. The highest BCUT2D eigenvalue weighted by Crippen LogP contribution is 2.39. The minimum absolute atomic E-state index is 0.100. The first-order valence-corrected chi connectivity index (χ1v) is 10.9. The highest BCUT2D eigenvalue weighted by Gasteiger charge is 2.19. The fourth-order valence-electron chi connectivity index (χ4n) is 3.78. The lowest BCUT2D eigenvalue weighted by molar-refractivity contribution is -0.131. The molecule has 6 nitrogen and oxygen atoms in total. The molecule has 0 N–H and O–H groups in total. The van der Waals surface area contributed by atoms with Crippen molar-refractivity contribution in [3.05, 3.63) is 97.1 Å². The maximum absolute atomic E-state index is 11.9. The quantitative estimate of drug-likeness (QED) is 0.286. The molecular formula is C28H26O6. The molecular weight excluding hydrogens is 432 g/mol. The standard InChI is InChI=1S/C28H26O6/c1-4-25(29)32-22-15-12-20(13-16-22)28(19-10-8-7-9-11-19)21-14-17-23(33-26(30)5-2)24(18-21)34-27(31)6-3/h4-6,12-18H,1-3,7-11H2. The maximum atomic E-state index is 11.9. The third-order valence-corrected chi connectivity index (χ3v) is 5.33. The average Bonchev–Trinajstić information content (AvgIpc) is 2.87. The topological polar surface area (TPSA) is 78.9 Å². The molecule has 0 bridgehead atoms. The van der Waals surface area contributed by atoms with E-state index in [4.69, 9.17) is 14.2 Å². The summed E-state index contributed by atoms with van der Waals surface area (Å²) >= 11 is 0. The lowest BCUT2D eigenvalue weighted by Gasteiger charge is -2.21. The van der Waals surface area contributed by atoms with Crippen LogP contribution in [0.2, 0.25) is 0 Å². The van der Waals surface area contributed by atoms with Crippen molar-refractivity contribution in [1.82, 2.24) is 0 Å². The predicted molar refractivity (Wildman–Crippen MR) is 129 cm³/mol. The first-order valence-electron chi connectivity index (χ1n) is 10.9. The van der Waals surface area contributed by atoms with Crippen LogP contribution in [0.1, 0.15) is 43.2 Å². The van der Waals surface area contributed by atoms with Gasteiger partial charge in [-0.3, -0.25) is 0 Å². The third kappa shape index (κ3) is 6.19. The van der Waals surface area contributed by atoms with Crippen LogP contribution >= 0.6 is 0 Å². The van der Waals surface area contributed by atoms with Crippen molar-refractivity contribution < 1.29 is 28.6 Å². The lowest BCUT2D eigenvalue weighted by atomic mass is 9.85. The van der Waals surface area contributed by atoms with Crippen molar-refractivity contribution in [2.45, 2.75) is 32.1 Å². The van der Waals surface area contributed by atoms with E-state index in [1.165, 1.54) is 12.0 Å². The van der Waals surface area contributed by atoms with E-state index >= 15 is 0 Å². The number of carbonyl (C=O) groups is 3. The molecule has 1 fully saturated rings. The second-order valence-corrected chi connectivity index (χ2v) is 7.60. The van der Waals surface area contributed by atoms with E-state index in [9.17, 15) is 14.4 Å². The molecule has 6 heteroatoms. The minimum Gasteiger partial charge on any atom is -0.423 e. The summed E-state index contributed by atoms with van der Waals surface area (Å²) in [4.78, 5) is 35.2. The fourth-order valence-corrected chi connectivity index (χ4v) is 3.78. The number of ether oxygens (including phenoxy) is 3. The zero-order valence-electron chi connectivity index (χ0n) is 18.9. The Hall–Kier alpha value is -4.19. The maximum Gasteiger partial charge on any atom is 0.335 e. The molecule has 0 atom stereocenters. The molecule has 0 spiro atoms. The van der Waals surface area contributed by atoms with Gasteiger partial charge in [-0.25, -0.2) is 14.4 Å². The van der Waals surface area contributed by atoms with E-state index in [0.717, 1.165) is 60.6 Å². The molecule has 2 aromatic carbocycles. The largest absolute Gasteiger partial charge is 0.423 e. The van der Waals surface area contributed by atoms with Crippen LogP contribution in [0.15, 0.2) is 86.0 Å². The SMILES string of the molecule is C=CC(=O)Oc1ccc(C(=C2CCCCC2)c2ccc(OC(=O)C=C)c(OC(=O)C=C)c2)cc1. The number of carbonyl (C=O) groups excluding carboxylic acids is 3. The zero-order chi connectivity index (χ0) is 24.5. The first-order chi connectivity index (χ1) is 16.4. The second-order valence-electron chi connectivity index (χ2n) is 7.60. The van der Waals surface area contributed by atoms with E-state index in [1.54, 1.807) is 24.3 Å². The van der Waals surface area contributed by atoms with Gasteiger partial charge in [0.1, 0.15) is 5.75 Å². The summed E-state index contributed by atoms with van der Waals surface area (Å²) in [6.07, 6.45) is 8.40. The molecule has 0 amide bonds. The molecule has 0 saturated heterocycles. The average molecular weight is 459 g/mol. The van der Waals surface area contributed by atoms with E-state index in [-0.39, 0.29) is 11.5 Å². The Morgan fingerprint density at radius 3 is 1.76 bits per heavy atom. The van der Waals surface area contributed by atoms with Crippen LogP contribution in [0.25, 0.3) is 5.57 Å². The van der Waals surface area contributed by atoms with Gasteiger partial charge in [0, 0.05) is 18.2 Å². The van der Waals surface area contributed by atoms with Gasteiger partial charge in [0.15, 0.2) is 11.5 Å². The highest BCUT2D eigenvalue weighted by molar-refractivity contribution is 5.88. The van der Waals surface area contributed by atoms with Gasteiger partial charge < -0.3 is 14.2 Å². The van der Waals surface area contributed by atoms with Crippen molar-refractivity contribution in [3.8, 4) is 17.2 Å². The predicted octanol–water partition coefficient (Wildman–Crippen LogP) is 5.73. The fraction of sp³-hybridized carbons (Fsp3) is 0.179. The van der Waals surface area contributed by atoms with Crippen LogP contribution in [0.5, 0.6) is 17.2 Å². The number of benzene rings is 2.